The summed E-state index contributed by atoms with van der Waals surface area (Å²) in [6.07, 6.45) is 5.95. The third-order valence-electron chi connectivity index (χ3n) is 6.83. The van der Waals surface area contributed by atoms with E-state index in [0.29, 0.717) is 36.7 Å². The van der Waals surface area contributed by atoms with Crippen LogP contribution in [0.15, 0.2) is 30.5 Å². The Hall–Kier alpha value is -2.65. The molecule has 2 heterocycles. The maximum atomic E-state index is 13.2. The predicted octanol–water partition coefficient (Wildman–Crippen LogP) is 1.77. The maximum absolute atomic E-state index is 13.2. The highest BCUT2D eigenvalue weighted by Crippen LogP contribution is 2.32. The molecule has 4 rings (SSSR count). The van der Waals surface area contributed by atoms with Crippen LogP contribution in [0.5, 0.6) is 0 Å². The van der Waals surface area contributed by atoms with Crippen LogP contribution in [0.1, 0.15) is 25.7 Å². The van der Waals surface area contributed by atoms with Crippen LogP contribution < -0.4 is 10.6 Å². The number of amides is 1. The zero-order chi connectivity index (χ0) is 22.7. The average molecular weight is 442 g/mol. The number of nitrogens with zero attached hydrogens (tertiary/aromatic N) is 6. The molecule has 32 heavy (non-hydrogen) atoms. The molecule has 0 bridgehead atoms. The fourth-order valence-corrected chi connectivity index (χ4v) is 5.05. The van der Waals surface area contributed by atoms with E-state index in [1.807, 2.05) is 0 Å². The molecule has 1 aliphatic carbocycles. The van der Waals surface area contributed by atoms with E-state index in [2.05, 4.69) is 44.0 Å². The van der Waals surface area contributed by atoms with E-state index in [-0.39, 0.29) is 17.8 Å². The fraction of sp³-hybridized carbons (Fsp3) is 0.565. The Morgan fingerprint density at radius 3 is 2.53 bits per heavy atom. The molecule has 0 spiro atoms. The average Bonchev–Trinajstić information content (AvgIpc) is 2.80. The Bertz CT molecular complexity index is 915. The Labute approximate surface area is 188 Å². The van der Waals surface area contributed by atoms with Gasteiger partial charge in [-0.05, 0) is 63.5 Å². The number of hydrogen-bond acceptors (Lipinski definition) is 7. The van der Waals surface area contributed by atoms with E-state index < -0.39 is 0 Å². The van der Waals surface area contributed by atoms with Crippen molar-refractivity contribution in [1.82, 2.24) is 25.0 Å². The first kappa shape index (κ1) is 22.5. The second-order valence-electron chi connectivity index (χ2n) is 9.06. The molecule has 1 amide bonds. The van der Waals surface area contributed by atoms with E-state index in [1.165, 1.54) is 18.6 Å². The van der Waals surface area contributed by atoms with Crippen LogP contribution in [0.25, 0.3) is 11.3 Å². The van der Waals surface area contributed by atoms with Gasteiger partial charge in [-0.1, -0.05) is 6.42 Å². The molecular weight excluding hydrogens is 409 g/mol. The highest BCUT2D eigenvalue weighted by molar-refractivity contribution is 5.80. The van der Waals surface area contributed by atoms with Crippen molar-refractivity contribution in [2.45, 2.75) is 37.8 Å². The lowest BCUT2D eigenvalue weighted by Gasteiger charge is -2.43. The normalized spacial score (nSPS) is 23.3. The lowest BCUT2D eigenvalue weighted by atomic mass is 9.79. The van der Waals surface area contributed by atoms with Gasteiger partial charge in [0, 0.05) is 37.8 Å². The highest BCUT2D eigenvalue weighted by Gasteiger charge is 2.37. The molecule has 3 atom stereocenters. The predicted molar refractivity (Wildman–Crippen MR) is 121 cm³/mol. The fourth-order valence-electron chi connectivity index (χ4n) is 5.05. The molecule has 1 saturated carbocycles. The van der Waals surface area contributed by atoms with Crippen molar-refractivity contribution in [3.05, 3.63) is 36.3 Å². The largest absolute Gasteiger partial charge is 0.368 e. The number of anilines is 1. The van der Waals surface area contributed by atoms with Crippen LogP contribution >= 0.6 is 0 Å². The Kier molecular flexibility index (Phi) is 6.95. The van der Waals surface area contributed by atoms with Crippen LogP contribution in [0, 0.1) is 11.7 Å². The van der Waals surface area contributed by atoms with Crippen LogP contribution in [0.2, 0.25) is 0 Å². The molecule has 2 N–H and O–H groups in total. The second kappa shape index (κ2) is 9.87. The molecule has 1 aliphatic heterocycles. The van der Waals surface area contributed by atoms with E-state index in [4.69, 9.17) is 5.73 Å². The number of aromatic nitrogens is 3. The van der Waals surface area contributed by atoms with Crippen molar-refractivity contribution in [3.8, 4) is 11.3 Å². The van der Waals surface area contributed by atoms with Gasteiger partial charge in [0.15, 0.2) is 0 Å². The summed E-state index contributed by atoms with van der Waals surface area (Å²) in [4.78, 5) is 23.7. The number of hydrogen-bond donors (Lipinski definition) is 1. The summed E-state index contributed by atoms with van der Waals surface area (Å²) in [5.41, 5.74) is 7.34. The Morgan fingerprint density at radius 1 is 1.16 bits per heavy atom. The van der Waals surface area contributed by atoms with E-state index in [9.17, 15) is 9.18 Å². The van der Waals surface area contributed by atoms with Gasteiger partial charge in [-0.2, -0.15) is 5.10 Å². The smallest absolute Gasteiger partial charge is 0.245 e. The topological polar surface area (TPSA) is 91.5 Å². The minimum absolute atomic E-state index is 0.223. The monoisotopic (exact) mass is 441 g/mol. The first-order chi connectivity index (χ1) is 15.4. The van der Waals surface area contributed by atoms with Gasteiger partial charge in [0.1, 0.15) is 5.82 Å². The highest BCUT2D eigenvalue weighted by atomic mass is 19.1. The summed E-state index contributed by atoms with van der Waals surface area (Å²) < 4.78 is 13.2. The van der Waals surface area contributed by atoms with Crippen molar-refractivity contribution in [1.29, 1.82) is 0 Å². The Morgan fingerprint density at radius 2 is 1.88 bits per heavy atom. The number of primary amides is 1. The van der Waals surface area contributed by atoms with Gasteiger partial charge in [0.2, 0.25) is 11.9 Å². The van der Waals surface area contributed by atoms with Gasteiger partial charge >= 0.3 is 0 Å². The summed E-state index contributed by atoms with van der Waals surface area (Å²) >= 11 is 0. The molecule has 172 valence electrons. The second-order valence-corrected chi connectivity index (χ2v) is 9.06. The third-order valence-corrected chi connectivity index (χ3v) is 6.83. The standard InChI is InChI=1S/C23H32FN7O/c1-29(2)19-5-3-4-17(14-19)21(22(25)32)30-10-12-31(13-11-30)23-27-20(15-26-28-23)16-6-8-18(24)9-7-16/h6-9,15,17,19,21H,3-5,10-14H2,1-2H3,(H2,25,32)/t17-,19+,21?/m0/s1. The van der Waals surface area contributed by atoms with Gasteiger partial charge < -0.3 is 15.5 Å². The number of benzene rings is 1. The van der Waals surface area contributed by atoms with Gasteiger partial charge in [-0.25, -0.2) is 9.37 Å². The summed E-state index contributed by atoms with van der Waals surface area (Å²) in [6.45, 7) is 2.84. The van der Waals surface area contributed by atoms with Crippen molar-refractivity contribution >= 4 is 11.9 Å². The number of rotatable bonds is 6. The molecule has 1 aromatic carbocycles. The SMILES string of the molecule is CN(C)[C@@H]1CCC[C@H](C(C(N)=O)N2CCN(c3nncc(-c4ccc(F)cc4)n3)CC2)C1. The molecule has 1 aromatic heterocycles. The van der Waals surface area contributed by atoms with Crippen molar-refractivity contribution in [2.75, 3.05) is 45.2 Å². The summed E-state index contributed by atoms with van der Waals surface area (Å²) in [6, 6.07) is 6.46. The quantitative estimate of drug-likeness (QED) is 0.731. The van der Waals surface area contributed by atoms with Gasteiger partial charge in [-0.3, -0.25) is 9.69 Å². The number of carbonyl (C=O) groups excluding carboxylic acids is 1. The first-order valence-corrected chi connectivity index (χ1v) is 11.3. The lowest BCUT2D eigenvalue weighted by Crippen LogP contribution is -2.58. The number of carbonyl (C=O) groups is 1. The zero-order valence-corrected chi connectivity index (χ0v) is 18.8. The van der Waals surface area contributed by atoms with E-state index >= 15 is 0 Å². The van der Waals surface area contributed by atoms with Crippen LogP contribution in [0.4, 0.5) is 10.3 Å². The van der Waals surface area contributed by atoms with Gasteiger partial charge in [0.05, 0.1) is 17.9 Å². The molecule has 8 nitrogen and oxygen atoms in total. The van der Waals surface area contributed by atoms with Crippen LogP contribution in [0.3, 0.4) is 0 Å². The van der Waals surface area contributed by atoms with Crippen LogP contribution in [-0.4, -0.2) is 83.2 Å². The molecule has 2 aliphatic rings. The molecular formula is C23H32FN7O. The number of piperazine rings is 1. The lowest BCUT2D eigenvalue weighted by molar-refractivity contribution is -0.126. The van der Waals surface area contributed by atoms with Crippen molar-refractivity contribution in [2.24, 2.45) is 11.7 Å². The number of halogens is 1. The van der Waals surface area contributed by atoms with Gasteiger partial charge in [0.25, 0.3) is 0 Å². The van der Waals surface area contributed by atoms with Gasteiger partial charge in [-0.15, -0.1) is 5.10 Å². The molecule has 9 heteroatoms. The minimum atomic E-state index is -0.286. The summed E-state index contributed by atoms with van der Waals surface area (Å²) in [5, 5.41) is 8.30. The Balaban J connectivity index is 1.42. The molecule has 0 radical (unpaired) electrons. The van der Waals surface area contributed by atoms with Crippen LogP contribution in [-0.2, 0) is 4.79 Å². The maximum Gasteiger partial charge on any atom is 0.245 e. The summed E-state index contributed by atoms with van der Waals surface area (Å²) in [5.74, 6) is 0.331. The first-order valence-electron chi connectivity index (χ1n) is 11.3. The number of nitrogens with two attached hydrogens (primary N) is 1. The zero-order valence-electron chi connectivity index (χ0n) is 18.8. The molecule has 1 unspecified atom stereocenters. The third kappa shape index (κ3) is 5.05. The molecule has 2 fully saturated rings. The van der Waals surface area contributed by atoms with Crippen molar-refractivity contribution in [3.63, 3.8) is 0 Å². The summed E-state index contributed by atoms with van der Waals surface area (Å²) in [7, 11) is 4.22. The van der Waals surface area contributed by atoms with E-state index in [0.717, 1.165) is 37.9 Å². The minimum Gasteiger partial charge on any atom is -0.368 e. The van der Waals surface area contributed by atoms with Crippen molar-refractivity contribution < 1.29 is 9.18 Å². The molecule has 2 aromatic rings. The van der Waals surface area contributed by atoms with E-state index in [1.54, 1.807) is 18.3 Å². The molecule has 1 saturated heterocycles.